The maximum Gasteiger partial charge on any atom is 0.462 e. The number of carbonyl (C=O) groups excluding carboxylic acids is 1. The number of alkyl halides is 5. The van der Waals surface area contributed by atoms with Gasteiger partial charge in [-0.3, -0.25) is 4.79 Å². The average Bonchev–Trinajstić information content (AvgIpc) is 1.62. The molecule has 0 saturated carbocycles. The molecule has 0 aliphatic carbocycles. The summed E-state index contributed by atoms with van der Waals surface area (Å²) in [5, 5.41) is 0. The second-order valence-corrected chi connectivity index (χ2v) is 2.33. The fourth-order valence-corrected chi connectivity index (χ4v) is 0.417. The Morgan fingerprint density at radius 2 is 1.40 bits per heavy atom. The molecule has 0 atom stereocenters. The quantitative estimate of drug-likeness (QED) is 0.407. The SMILES string of the molecule is O=C(I)C(F)(F)C(F)(F)F. The van der Waals surface area contributed by atoms with E-state index in [0.29, 0.717) is 22.6 Å². The third kappa shape index (κ3) is 1.77. The van der Waals surface area contributed by atoms with Gasteiger partial charge in [0.25, 0.3) is 3.79 Å². The van der Waals surface area contributed by atoms with Gasteiger partial charge in [-0.25, -0.2) is 0 Å². The van der Waals surface area contributed by atoms with E-state index in [2.05, 4.69) is 0 Å². The van der Waals surface area contributed by atoms with E-state index in [0.717, 1.165) is 0 Å². The highest BCUT2D eigenvalue weighted by atomic mass is 127. The van der Waals surface area contributed by atoms with Crippen LogP contribution >= 0.6 is 22.6 Å². The molecular formula is C3F5IO. The van der Waals surface area contributed by atoms with Gasteiger partial charge >= 0.3 is 12.1 Å². The first-order valence-corrected chi connectivity index (χ1v) is 2.92. The molecular weight excluding hydrogens is 274 g/mol. The topological polar surface area (TPSA) is 17.1 Å². The average molecular weight is 274 g/mol. The summed E-state index contributed by atoms with van der Waals surface area (Å²) >= 11 is 0.402. The zero-order valence-electron chi connectivity index (χ0n) is 4.18. The minimum Gasteiger partial charge on any atom is -0.281 e. The Bertz CT molecular complexity index is 149. The van der Waals surface area contributed by atoms with Gasteiger partial charge in [-0.2, -0.15) is 22.0 Å². The molecule has 0 heterocycles. The molecule has 1 nitrogen and oxygen atoms in total. The van der Waals surface area contributed by atoms with Gasteiger partial charge in [0.05, 0.1) is 0 Å². The van der Waals surface area contributed by atoms with Crippen molar-refractivity contribution in [1.82, 2.24) is 0 Å². The van der Waals surface area contributed by atoms with Crippen LogP contribution < -0.4 is 0 Å². The maximum absolute atomic E-state index is 11.6. The monoisotopic (exact) mass is 274 g/mol. The summed E-state index contributed by atoms with van der Waals surface area (Å²) in [6, 6.07) is 0. The van der Waals surface area contributed by atoms with Crippen molar-refractivity contribution >= 4 is 26.4 Å². The maximum atomic E-state index is 11.6. The van der Waals surface area contributed by atoms with E-state index >= 15 is 0 Å². The van der Waals surface area contributed by atoms with Crippen molar-refractivity contribution in [2.75, 3.05) is 0 Å². The molecule has 0 rings (SSSR count). The van der Waals surface area contributed by atoms with E-state index in [1.54, 1.807) is 0 Å². The highest BCUT2D eigenvalue weighted by Crippen LogP contribution is 2.37. The number of halogens is 6. The van der Waals surface area contributed by atoms with Crippen molar-refractivity contribution in [3.05, 3.63) is 0 Å². The lowest BCUT2D eigenvalue weighted by Crippen LogP contribution is -2.41. The summed E-state index contributed by atoms with van der Waals surface area (Å²) in [5.74, 6) is -5.21. The predicted molar refractivity (Wildman–Crippen MR) is 30.0 cm³/mol. The van der Waals surface area contributed by atoms with Crippen molar-refractivity contribution in [3.63, 3.8) is 0 Å². The molecule has 0 aromatic heterocycles. The highest BCUT2D eigenvalue weighted by molar-refractivity contribution is 14.1. The Balaban J connectivity index is 4.57. The van der Waals surface area contributed by atoms with Crippen molar-refractivity contribution in [2.24, 2.45) is 0 Å². The van der Waals surface area contributed by atoms with Crippen molar-refractivity contribution in [3.8, 4) is 0 Å². The Hall–Kier alpha value is 0.0500. The molecule has 0 aliphatic heterocycles. The van der Waals surface area contributed by atoms with Crippen molar-refractivity contribution < 1.29 is 26.7 Å². The van der Waals surface area contributed by atoms with E-state index in [1.807, 2.05) is 0 Å². The molecule has 7 heteroatoms. The lowest BCUT2D eigenvalue weighted by molar-refractivity contribution is -0.263. The third-order valence-corrected chi connectivity index (χ3v) is 1.28. The van der Waals surface area contributed by atoms with Crippen LogP contribution in [0.15, 0.2) is 0 Å². The number of hydrogen-bond acceptors (Lipinski definition) is 1. The molecule has 0 saturated heterocycles. The molecule has 0 spiro atoms. The van der Waals surface area contributed by atoms with Gasteiger partial charge in [-0.1, -0.05) is 0 Å². The summed E-state index contributed by atoms with van der Waals surface area (Å²) < 4.78 is 54.2. The lowest BCUT2D eigenvalue weighted by atomic mass is 10.4. The number of carbonyl (C=O) groups is 1. The zero-order chi connectivity index (χ0) is 8.58. The van der Waals surface area contributed by atoms with Crippen LogP contribution in [0.2, 0.25) is 0 Å². The van der Waals surface area contributed by atoms with Gasteiger partial charge in [-0.05, 0) is 0 Å². The molecule has 0 N–H and O–H groups in total. The predicted octanol–water partition coefficient (Wildman–Crippen LogP) is 2.15. The number of rotatable bonds is 1. The summed E-state index contributed by atoms with van der Waals surface area (Å²) in [5.41, 5.74) is 0. The molecule has 0 fully saturated rings. The van der Waals surface area contributed by atoms with Gasteiger partial charge in [0, 0.05) is 22.6 Å². The fourth-order valence-electron chi connectivity index (χ4n) is 0.111. The first kappa shape index (κ1) is 10.0. The van der Waals surface area contributed by atoms with Gasteiger partial charge < -0.3 is 0 Å². The largest absolute Gasteiger partial charge is 0.462 e. The third-order valence-electron chi connectivity index (χ3n) is 0.603. The van der Waals surface area contributed by atoms with E-state index in [-0.39, 0.29) is 0 Å². The van der Waals surface area contributed by atoms with Crippen LogP contribution in [0.1, 0.15) is 0 Å². The molecule has 0 amide bonds. The fraction of sp³-hybridized carbons (Fsp3) is 0.667. The van der Waals surface area contributed by atoms with E-state index in [4.69, 9.17) is 0 Å². The van der Waals surface area contributed by atoms with Crippen molar-refractivity contribution in [1.29, 1.82) is 0 Å². The van der Waals surface area contributed by atoms with Crippen LogP contribution in [0, 0.1) is 0 Å². The molecule has 0 unspecified atom stereocenters. The first-order chi connectivity index (χ1) is 4.19. The van der Waals surface area contributed by atoms with Crippen molar-refractivity contribution in [2.45, 2.75) is 12.1 Å². The van der Waals surface area contributed by atoms with Crippen LogP contribution in [0.5, 0.6) is 0 Å². The summed E-state index contributed by atoms with van der Waals surface area (Å²) in [7, 11) is 0. The molecule has 0 aromatic rings. The standard InChI is InChI=1S/C3F5IO/c4-2(5,1(9)10)3(6,7)8. The highest BCUT2D eigenvalue weighted by Gasteiger charge is 2.62. The summed E-state index contributed by atoms with van der Waals surface area (Å²) in [6.07, 6.45) is -5.77. The van der Waals surface area contributed by atoms with Crippen LogP contribution in [0.3, 0.4) is 0 Å². The second kappa shape index (κ2) is 2.59. The Morgan fingerprint density at radius 3 is 1.40 bits per heavy atom. The molecule has 0 aromatic carbocycles. The molecule has 60 valence electrons. The zero-order valence-corrected chi connectivity index (χ0v) is 6.33. The van der Waals surface area contributed by atoms with E-state index in [9.17, 15) is 26.7 Å². The Kier molecular flexibility index (Phi) is 2.60. The minimum atomic E-state index is -5.77. The minimum absolute atomic E-state index is 0.402. The summed E-state index contributed by atoms with van der Waals surface area (Å²) in [4.78, 5) is 9.63. The van der Waals surface area contributed by atoms with Crippen LogP contribution in [0.4, 0.5) is 22.0 Å². The molecule has 10 heavy (non-hydrogen) atoms. The molecule has 0 bridgehead atoms. The van der Waals surface area contributed by atoms with Gasteiger partial charge in [-0.15, -0.1) is 0 Å². The van der Waals surface area contributed by atoms with Gasteiger partial charge in [0.1, 0.15) is 0 Å². The van der Waals surface area contributed by atoms with E-state index in [1.165, 1.54) is 0 Å². The van der Waals surface area contributed by atoms with Crippen LogP contribution in [-0.2, 0) is 4.79 Å². The second-order valence-electron chi connectivity index (χ2n) is 1.35. The van der Waals surface area contributed by atoms with Crippen LogP contribution in [0.25, 0.3) is 0 Å². The smallest absolute Gasteiger partial charge is 0.281 e. The normalized spacial score (nSPS) is 13.4. The van der Waals surface area contributed by atoms with Crippen LogP contribution in [-0.4, -0.2) is 15.9 Å². The van der Waals surface area contributed by atoms with E-state index < -0.39 is 15.9 Å². The molecule has 0 aliphatic rings. The Labute approximate surface area is 65.7 Å². The molecule has 0 radical (unpaired) electrons. The van der Waals surface area contributed by atoms with Gasteiger partial charge in [0.15, 0.2) is 0 Å². The number of hydrogen-bond donors (Lipinski definition) is 0. The Morgan fingerprint density at radius 1 is 1.10 bits per heavy atom. The lowest BCUT2D eigenvalue weighted by Gasteiger charge is -2.14. The summed E-state index contributed by atoms with van der Waals surface area (Å²) in [6.45, 7) is 0. The first-order valence-electron chi connectivity index (χ1n) is 1.84. The van der Waals surface area contributed by atoms with Gasteiger partial charge in [0.2, 0.25) is 0 Å².